The lowest BCUT2D eigenvalue weighted by atomic mass is 10.00. The van der Waals surface area contributed by atoms with Crippen molar-refractivity contribution in [2.24, 2.45) is 5.18 Å². The Kier molecular flexibility index (Phi) is 5.03. The monoisotopic (exact) mass is 343 g/mol. The summed E-state index contributed by atoms with van der Waals surface area (Å²) in [5.41, 5.74) is -0.879. The van der Waals surface area contributed by atoms with E-state index in [4.69, 9.17) is 0 Å². The van der Waals surface area contributed by atoms with Crippen LogP contribution in [0.2, 0.25) is 0 Å². The second kappa shape index (κ2) is 5.96. The predicted octanol–water partition coefficient (Wildman–Crippen LogP) is 4.15. The van der Waals surface area contributed by atoms with Crippen LogP contribution < -0.4 is 0 Å². The number of nitrogens with zero attached hydrogens (tertiary/aromatic N) is 1. The fourth-order valence-electron chi connectivity index (χ4n) is 1.36. The highest BCUT2D eigenvalue weighted by Gasteiger charge is 2.59. The molecule has 0 aromatic heterocycles. The maximum Gasteiger partial charge on any atom is 0.333 e. The van der Waals surface area contributed by atoms with Crippen LogP contribution >= 0.6 is 15.9 Å². The third-order valence-corrected chi connectivity index (χ3v) is 3.05. The lowest BCUT2D eigenvalue weighted by molar-refractivity contribution is -0.169. The van der Waals surface area contributed by atoms with Crippen LogP contribution in [0.15, 0.2) is 27.8 Å². The maximum atomic E-state index is 14.0. The fourth-order valence-corrected chi connectivity index (χ4v) is 1.96. The number of alkyl halides is 3. The lowest BCUT2D eigenvalue weighted by Gasteiger charge is -2.28. The Hall–Kier alpha value is -1.02. The normalized spacial score (nSPS) is 15.1. The molecule has 0 saturated carbocycles. The molecule has 0 aliphatic carbocycles. The van der Waals surface area contributed by atoms with Crippen LogP contribution in [0.3, 0.4) is 0 Å². The largest absolute Gasteiger partial charge is 0.376 e. The van der Waals surface area contributed by atoms with Gasteiger partial charge in [0, 0.05) is 16.6 Å². The van der Waals surface area contributed by atoms with Crippen molar-refractivity contribution >= 4 is 15.9 Å². The molecule has 3 nitrogen and oxygen atoms in total. The Balaban J connectivity index is 3.22. The predicted molar refractivity (Wildman–Crippen MR) is 64.1 cm³/mol. The van der Waals surface area contributed by atoms with E-state index in [1.54, 1.807) is 0 Å². The molecule has 0 spiro atoms. The molecular weight excluding hydrogens is 334 g/mol. The van der Waals surface area contributed by atoms with Gasteiger partial charge < -0.3 is 4.74 Å². The van der Waals surface area contributed by atoms with E-state index in [0.29, 0.717) is 6.07 Å². The summed E-state index contributed by atoms with van der Waals surface area (Å²) in [6.45, 7) is 0.211. The number of nitroso groups, excluding NO2 is 1. The molecular formula is C11H10BrF4NO2. The summed E-state index contributed by atoms with van der Waals surface area (Å²) in [5, 5.41) is 1.86. The number of hydrogen-bond acceptors (Lipinski definition) is 3. The van der Waals surface area contributed by atoms with Gasteiger partial charge in [0.1, 0.15) is 12.4 Å². The van der Waals surface area contributed by atoms with Crippen molar-refractivity contribution in [2.45, 2.75) is 18.6 Å². The highest BCUT2D eigenvalue weighted by Crippen LogP contribution is 2.45. The van der Waals surface area contributed by atoms with Gasteiger partial charge in [-0.3, -0.25) is 0 Å². The molecule has 0 radical (unpaired) electrons. The van der Waals surface area contributed by atoms with Crippen LogP contribution in [-0.4, -0.2) is 19.0 Å². The second-order valence-corrected chi connectivity index (χ2v) is 4.54. The highest BCUT2D eigenvalue weighted by atomic mass is 79.9. The molecule has 19 heavy (non-hydrogen) atoms. The fraction of sp³-hybridized carbons (Fsp3) is 0.455. The van der Waals surface area contributed by atoms with Gasteiger partial charge >= 0.3 is 11.7 Å². The molecule has 0 heterocycles. The molecule has 0 bridgehead atoms. The lowest BCUT2D eigenvalue weighted by Crippen LogP contribution is -2.44. The minimum atomic E-state index is -4.25. The number of ether oxygens (including phenoxy) is 1. The van der Waals surface area contributed by atoms with Gasteiger partial charge in [0.25, 0.3) is 0 Å². The molecule has 1 atom stereocenters. The van der Waals surface area contributed by atoms with Gasteiger partial charge in [-0.05, 0) is 30.3 Å². The molecule has 0 aliphatic heterocycles. The van der Waals surface area contributed by atoms with Crippen LogP contribution in [0.25, 0.3) is 0 Å². The topological polar surface area (TPSA) is 38.7 Å². The van der Waals surface area contributed by atoms with Gasteiger partial charge in [0.05, 0.1) is 0 Å². The van der Waals surface area contributed by atoms with E-state index >= 15 is 0 Å². The van der Waals surface area contributed by atoms with E-state index < -0.39 is 29.7 Å². The summed E-state index contributed by atoms with van der Waals surface area (Å²) in [4.78, 5) is 10.5. The first kappa shape index (κ1) is 16.0. The standard InChI is InChI=1S/C11H10BrF4NO2/c1-2-19-6-10(14,17-18)11(15,16)8-4-3-7(13)5-9(8)12/h3-5H,2,6H2,1H3. The maximum absolute atomic E-state index is 14.0. The summed E-state index contributed by atoms with van der Waals surface area (Å²) in [5.74, 6) is -8.79. The van der Waals surface area contributed by atoms with Gasteiger partial charge in [-0.2, -0.15) is 8.78 Å². The zero-order chi connectivity index (χ0) is 14.7. The zero-order valence-electron chi connectivity index (χ0n) is 9.80. The summed E-state index contributed by atoms with van der Waals surface area (Å²) < 4.78 is 59.0. The van der Waals surface area contributed by atoms with E-state index in [-0.39, 0.29) is 11.1 Å². The first-order valence-corrected chi connectivity index (χ1v) is 6.02. The molecule has 0 saturated heterocycles. The molecule has 8 heteroatoms. The average Bonchev–Trinajstić information content (AvgIpc) is 2.35. The van der Waals surface area contributed by atoms with Gasteiger partial charge in [-0.25, -0.2) is 8.78 Å². The highest BCUT2D eigenvalue weighted by molar-refractivity contribution is 9.10. The molecule has 0 amide bonds. The smallest absolute Gasteiger partial charge is 0.333 e. The quantitative estimate of drug-likeness (QED) is 0.442. The first-order chi connectivity index (χ1) is 8.78. The number of rotatable bonds is 6. The van der Waals surface area contributed by atoms with Crippen molar-refractivity contribution in [1.82, 2.24) is 0 Å². The van der Waals surface area contributed by atoms with E-state index in [9.17, 15) is 22.5 Å². The molecule has 1 aromatic carbocycles. The van der Waals surface area contributed by atoms with Crippen molar-refractivity contribution in [3.8, 4) is 0 Å². The molecule has 0 N–H and O–H groups in total. The number of benzene rings is 1. The average molecular weight is 344 g/mol. The van der Waals surface area contributed by atoms with Crippen LogP contribution in [0.1, 0.15) is 12.5 Å². The van der Waals surface area contributed by atoms with Crippen molar-refractivity contribution in [2.75, 3.05) is 13.2 Å². The van der Waals surface area contributed by atoms with Crippen LogP contribution in [0.5, 0.6) is 0 Å². The first-order valence-electron chi connectivity index (χ1n) is 5.23. The Morgan fingerprint density at radius 3 is 2.47 bits per heavy atom. The molecule has 0 aliphatic rings. The van der Waals surface area contributed by atoms with Gasteiger partial charge in [-0.15, -0.1) is 4.91 Å². The van der Waals surface area contributed by atoms with Crippen molar-refractivity contribution in [3.05, 3.63) is 39.0 Å². The third-order valence-electron chi connectivity index (χ3n) is 2.39. The Morgan fingerprint density at radius 2 is 2.00 bits per heavy atom. The minimum Gasteiger partial charge on any atom is -0.376 e. The van der Waals surface area contributed by atoms with Crippen molar-refractivity contribution in [3.63, 3.8) is 0 Å². The van der Waals surface area contributed by atoms with Crippen molar-refractivity contribution in [1.29, 1.82) is 0 Å². The minimum absolute atomic E-state index is 0.0537. The van der Waals surface area contributed by atoms with E-state index in [2.05, 4.69) is 20.7 Å². The Bertz CT molecular complexity index is 472. The second-order valence-electron chi connectivity index (χ2n) is 3.69. The molecule has 1 unspecified atom stereocenters. The molecule has 0 fully saturated rings. The third kappa shape index (κ3) is 3.11. The number of halogens is 5. The van der Waals surface area contributed by atoms with E-state index in [1.165, 1.54) is 6.92 Å². The molecule has 1 aromatic rings. The van der Waals surface area contributed by atoms with E-state index in [1.807, 2.05) is 5.18 Å². The summed E-state index contributed by atoms with van der Waals surface area (Å²) in [7, 11) is 0. The van der Waals surface area contributed by atoms with E-state index in [0.717, 1.165) is 12.1 Å². The zero-order valence-corrected chi connectivity index (χ0v) is 11.4. The van der Waals surface area contributed by atoms with Gasteiger partial charge in [0.2, 0.25) is 0 Å². The van der Waals surface area contributed by atoms with Gasteiger partial charge in [0.15, 0.2) is 0 Å². The van der Waals surface area contributed by atoms with Crippen LogP contribution in [0.4, 0.5) is 17.6 Å². The van der Waals surface area contributed by atoms with Crippen LogP contribution in [0, 0.1) is 10.7 Å². The molecule has 106 valence electrons. The van der Waals surface area contributed by atoms with Crippen LogP contribution in [-0.2, 0) is 10.7 Å². The number of hydrogen-bond donors (Lipinski definition) is 0. The van der Waals surface area contributed by atoms with Gasteiger partial charge in [-0.1, -0.05) is 15.9 Å². The Labute approximate surface area is 115 Å². The molecule has 1 rings (SSSR count). The summed E-state index contributed by atoms with van der Waals surface area (Å²) >= 11 is 2.70. The summed E-state index contributed by atoms with van der Waals surface area (Å²) in [6, 6.07) is 2.17. The van der Waals surface area contributed by atoms with Crippen molar-refractivity contribution < 1.29 is 22.3 Å². The SMILES string of the molecule is CCOCC(F)(N=O)C(F)(F)c1ccc(F)cc1Br. The summed E-state index contributed by atoms with van der Waals surface area (Å²) in [6.07, 6.45) is 0. The Morgan fingerprint density at radius 1 is 1.37 bits per heavy atom.